The number of nitrogens with one attached hydrogen (secondary N) is 2. The van der Waals surface area contributed by atoms with Crippen molar-refractivity contribution in [2.45, 2.75) is 44.9 Å². The van der Waals surface area contributed by atoms with Gasteiger partial charge in [0.2, 0.25) is 5.91 Å². The van der Waals surface area contributed by atoms with Gasteiger partial charge in [0.05, 0.1) is 6.61 Å². The summed E-state index contributed by atoms with van der Waals surface area (Å²) in [4.78, 5) is 25.9. The van der Waals surface area contributed by atoms with Gasteiger partial charge in [0.25, 0.3) is 5.91 Å². The molecule has 1 fully saturated rings. The third kappa shape index (κ3) is 4.78. The van der Waals surface area contributed by atoms with E-state index in [0.717, 1.165) is 52.1 Å². The van der Waals surface area contributed by atoms with Gasteiger partial charge in [-0.3, -0.25) is 20.4 Å². The number of para-hydroxylation sites is 1. The molecule has 7 heteroatoms. The molecule has 0 bridgehead atoms. The number of fused-ring (bicyclic) bond motifs is 2. The Balaban J connectivity index is 1.45. The molecule has 35 heavy (non-hydrogen) atoms. The van der Waals surface area contributed by atoms with Crippen LogP contribution in [-0.4, -0.2) is 27.5 Å². The molecule has 1 unspecified atom stereocenters. The van der Waals surface area contributed by atoms with E-state index in [9.17, 15) is 14.7 Å². The molecule has 7 nitrogen and oxygen atoms in total. The van der Waals surface area contributed by atoms with Gasteiger partial charge in [0.1, 0.15) is 5.69 Å². The van der Waals surface area contributed by atoms with E-state index in [1.54, 1.807) is 0 Å². The summed E-state index contributed by atoms with van der Waals surface area (Å²) < 4.78 is 1.95. The van der Waals surface area contributed by atoms with Crippen molar-refractivity contribution in [2.75, 3.05) is 0 Å². The van der Waals surface area contributed by atoms with Crippen molar-refractivity contribution < 1.29 is 14.7 Å². The van der Waals surface area contributed by atoms with Gasteiger partial charge in [0.15, 0.2) is 0 Å². The fraction of sp³-hybridized carbons (Fsp3) is 0.286. The number of benzene rings is 3. The summed E-state index contributed by atoms with van der Waals surface area (Å²) in [7, 11) is 0. The highest BCUT2D eigenvalue weighted by atomic mass is 16.3. The van der Waals surface area contributed by atoms with Crippen molar-refractivity contribution in [3.05, 3.63) is 83.6 Å². The van der Waals surface area contributed by atoms with Crippen molar-refractivity contribution in [2.24, 2.45) is 11.7 Å². The Morgan fingerprint density at radius 1 is 0.971 bits per heavy atom. The quantitative estimate of drug-likeness (QED) is 0.334. The van der Waals surface area contributed by atoms with Gasteiger partial charge in [-0.1, -0.05) is 55.0 Å². The molecule has 0 spiro atoms. The number of nitrogens with two attached hydrogens (primary N) is 1. The fourth-order valence-electron chi connectivity index (χ4n) is 5.17. The Morgan fingerprint density at radius 2 is 1.74 bits per heavy atom. The van der Waals surface area contributed by atoms with Crippen LogP contribution in [0, 0.1) is 5.92 Å². The zero-order valence-electron chi connectivity index (χ0n) is 19.5. The first-order valence-electron chi connectivity index (χ1n) is 12.1. The molecule has 5 rings (SSSR count). The lowest BCUT2D eigenvalue weighted by Crippen LogP contribution is -2.47. The maximum atomic E-state index is 13.3. The van der Waals surface area contributed by atoms with Gasteiger partial charge in [0, 0.05) is 29.4 Å². The molecule has 0 radical (unpaired) electrons. The Morgan fingerprint density at radius 3 is 2.54 bits per heavy atom. The molecule has 0 aliphatic heterocycles. The standard InChI is InChI=1S/C28H30N4O3/c29-23-9-5-8-21(14-23)27(34)30-31-28(35)26-15-20-7-2-4-11-25(20)32(26)16-22-13-18(17-33)12-19-6-1-3-10-24(19)22/h1-4,6-7,10-13,15,21,23,33H,5,8-9,14,16-17,29H2,(H,30,34)(H,31,35)/t21?,23-/m1/s1. The van der Waals surface area contributed by atoms with Crippen molar-refractivity contribution >= 4 is 33.5 Å². The lowest BCUT2D eigenvalue weighted by molar-refractivity contribution is -0.126. The van der Waals surface area contributed by atoms with Crippen LogP contribution in [0.25, 0.3) is 21.7 Å². The second kappa shape index (κ2) is 9.90. The van der Waals surface area contributed by atoms with Crippen LogP contribution in [0.4, 0.5) is 0 Å². The van der Waals surface area contributed by atoms with Gasteiger partial charge in [-0.05, 0) is 59.4 Å². The van der Waals surface area contributed by atoms with E-state index < -0.39 is 0 Å². The summed E-state index contributed by atoms with van der Waals surface area (Å²) in [5.74, 6) is -0.757. The molecule has 5 N–H and O–H groups in total. The van der Waals surface area contributed by atoms with Crippen LogP contribution in [0.3, 0.4) is 0 Å². The molecule has 3 aromatic carbocycles. The van der Waals surface area contributed by atoms with E-state index in [1.165, 1.54) is 0 Å². The largest absolute Gasteiger partial charge is 0.392 e. The van der Waals surface area contributed by atoms with Crippen LogP contribution in [0.5, 0.6) is 0 Å². The molecule has 180 valence electrons. The Hall–Kier alpha value is -3.68. The van der Waals surface area contributed by atoms with Gasteiger partial charge in [-0.25, -0.2) is 0 Å². The number of hydrogen-bond acceptors (Lipinski definition) is 4. The van der Waals surface area contributed by atoms with Crippen molar-refractivity contribution in [1.29, 1.82) is 0 Å². The molecule has 2 amide bonds. The molecule has 1 aliphatic carbocycles. The number of aliphatic hydroxyl groups is 1. The summed E-state index contributed by atoms with van der Waals surface area (Å²) in [6, 6.07) is 21.7. The molecule has 2 atom stereocenters. The predicted molar refractivity (Wildman–Crippen MR) is 136 cm³/mol. The number of rotatable bonds is 5. The maximum Gasteiger partial charge on any atom is 0.286 e. The number of aromatic nitrogens is 1. The van der Waals surface area contributed by atoms with Crippen LogP contribution >= 0.6 is 0 Å². The van der Waals surface area contributed by atoms with E-state index in [4.69, 9.17) is 5.73 Å². The van der Waals surface area contributed by atoms with Crippen LogP contribution in [0.2, 0.25) is 0 Å². The molecule has 1 aliphatic rings. The Labute approximate surface area is 203 Å². The SMILES string of the molecule is N[C@@H]1CCCC(C(=O)NNC(=O)c2cc3ccccc3n2Cc2cc(CO)cc3ccccc23)C1. The van der Waals surface area contributed by atoms with E-state index in [0.29, 0.717) is 18.7 Å². The van der Waals surface area contributed by atoms with E-state index >= 15 is 0 Å². The van der Waals surface area contributed by atoms with Gasteiger partial charge >= 0.3 is 0 Å². The van der Waals surface area contributed by atoms with Crippen LogP contribution in [-0.2, 0) is 17.9 Å². The van der Waals surface area contributed by atoms with Gasteiger partial charge < -0.3 is 15.4 Å². The topological polar surface area (TPSA) is 109 Å². The molecule has 1 heterocycles. The summed E-state index contributed by atoms with van der Waals surface area (Å²) in [5, 5.41) is 12.8. The number of amides is 2. The molecule has 1 saturated carbocycles. The molecule has 1 aromatic heterocycles. The van der Waals surface area contributed by atoms with Crippen LogP contribution < -0.4 is 16.6 Å². The first-order valence-corrected chi connectivity index (χ1v) is 12.1. The minimum atomic E-state index is -0.378. The molecule has 0 saturated heterocycles. The predicted octanol–water partition coefficient (Wildman–Crippen LogP) is 3.61. The smallest absolute Gasteiger partial charge is 0.286 e. The maximum absolute atomic E-state index is 13.3. The highest BCUT2D eigenvalue weighted by Crippen LogP contribution is 2.27. The Bertz CT molecular complexity index is 1390. The zero-order valence-corrected chi connectivity index (χ0v) is 19.5. The zero-order chi connectivity index (χ0) is 24.4. The second-order valence-electron chi connectivity index (χ2n) is 9.38. The van der Waals surface area contributed by atoms with Crippen LogP contribution in [0.15, 0.2) is 66.7 Å². The first-order chi connectivity index (χ1) is 17.0. The average Bonchev–Trinajstić information content (AvgIpc) is 3.25. The third-order valence-electron chi connectivity index (χ3n) is 6.95. The fourth-order valence-corrected chi connectivity index (χ4v) is 5.17. The summed E-state index contributed by atoms with van der Waals surface area (Å²) in [6.07, 6.45) is 3.27. The summed E-state index contributed by atoms with van der Waals surface area (Å²) >= 11 is 0. The summed E-state index contributed by atoms with van der Waals surface area (Å²) in [6.45, 7) is 0.379. The minimum absolute atomic E-state index is 0.0299. The first kappa shape index (κ1) is 23.1. The van der Waals surface area contributed by atoms with Crippen molar-refractivity contribution in [1.82, 2.24) is 15.4 Å². The highest BCUT2D eigenvalue weighted by molar-refractivity contribution is 6.00. The molecule has 4 aromatic rings. The molecular weight excluding hydrogens is 440 g/mol. The van der Waals surface area contributed by atoms with Gasteiger partial charge in [-0.15, -0.1) is 0 Å². The number of hydrazine groups is 1. The monoisotopic (exact) mass is 470 g/mol. The number of aliphatic hydroxyl groups excluding tert-OH is 1. The van der Waals surface area contributed by atoms with E-state index in [1.807, 2.05) is 71.3 Å². The normalized spacial score (nSPS) is 18.0. The van der Waals surface area contributed by atoms with E-state index in [-0.39, 0.29) is 30.4 Å². The highest BCUT2D eigenvalue weighted by Gasteiger charge is 2.26. The lowest BCUT2D eigenvalue weighted by Gasteiger charge is -2.25. The van der Waals surface area contributed by atoms with E-state index in [2.05, 4.69) is 10.9 Å². The number of nitrogens with zero attached hydrogens (tertiary/aromatic N) is 1. The minimum Gasteiger partial charge on any atom is -0.392 e. The van der Waals surface area contributed by atoms with Crippen LogP contribution in [0.1, 0.15) is 47.3 Å². The average molecular weight is 471 g/mol. The number of hydrogen-bond donors (Lipinski definition) is 4. The van der Waals surface area contributed by atoms with Crippen molar-refractivity contribution in [3.8, 4) is 0 Å². The number of carbonyl (C=O) groups excluding carboxylic acids is 2. The second-order valence-corrected chi connectivity index (χ2v) is 9.38. The summed E-state index contributed by atoms with van der Waals surface area (Å²) in [5.41, 5.74) is 14.4. The Kier molecular flexibility index (Phi) is 6.53. The van der Waals surface area contributed by atoms with Gasteiger partial charge in [-0.2, -0.15) is 0 Å². The van der Waals surface area contributed by atoms with Crippen molar-refractivity contribution in [3.63, 3.8) is 0 Å². The third-order valence-corrected chi connectivity index (χ3v) is 6.95. The lowest BCUT2D eigenvalue weighted by atomic mass is 9.86. The number of carbonyl (C=O) groups is 2. The molecular formula is C28H30N4O3.